The molecule has 28 heavy (non-hydrogen) atoms. The van der Waals surface area contributed by atoms with Crippen molar-refractivity contribution in [3.63, 3.8) is 0 Å². The fourth-order valence-corrected chi connectivity index (χ4v) is 3.02. The number of hydrogen-bond acceptors (Lipinski definition) is 6. The van der Waals surface area contributed by atoms with Gasteiger partial charge in [0.2, 0.25) is 11.8 Å². The number of rotatable bonds is 7. The van der Waals surface area contributed by atoms with Gasteiger partial charge in [-0.1, -0.05) is 6.07 Å². The van der Waals surface area contributed by atoms with Crippen LogP contribution in [-0.2, 0) is 11.4 Å². The number of likely N-dealkylation sites (tertiary alicyclic amines) is 1. The Morgan fingerprint density at radius 2 is 2.11 bits per heavy atom. The molecule has 0 spiro atoms. The quantitative estimate of drug-likeness (QED) is 0.783. The molecule has 0 aliphatic carbocycles. The maximum atomic E-state index is 13.9. The van der Waals surface area contributed by atoms with Crippen molar-refractivity contribution in [2.45, 2.75) is 25.6 Å². The van der Waals surface area contributed by atoms with Crippen molar-refractivity contribution in [2.24, 2.45) is 5.73 Å². The lowest BCUT2D eigenvalue weighted by Gasteiger charge is -2.30. The van der Waals surface area contributed by atoms with E-state index in [1.807, 2.05) is 11.0 Å². The van der Waals surface area contributed by atoms with Gasteiger partial charge < -0.3 is 15.2 Å². The number of nitriles is 1. The molecule has 1 fully saturated rings. The van der Waals surface area contributed by atoms with Crippen LogP contribution in [0.2, 0.25) is 0 Å². The number of carbonyl (C=O) groups excluding carboxylic acids is 1. The van der Waals surface area contributed by atoms with Crippen LogP contribution >= 0.6 is 0 Å². The number of nitrogens with two attached hydrogens (primary N) is 1. The van der Waals surface area contributed by atoms with Gasteiger partial charge in [0, 0.05) is 19.2 Å². The number of hydrogen-bond donors (Lipinski definition) is 1. The second kappa shape index (κ2) is 9.15. The average molecular weight is 384 g/mol. The molecule has 1 aliphatic heterocycles. The Hall–Kier alpha value is -3.18. The topological polar surface area (TPSA) is 101 Å². The fraction of sp³-hybridized carbons (Fsp3) is 0.350. The number of halogens is 1. The van der Waals surface area contributed by atoms with Crippen LogP contribution in [0.4, 0.5) is 4.39 Å². The van der Waals surface area contributed by atoms with Gasteiger partial charge in [-0.2, -0.15) is 5.26 Å². The number of carbonyl (C=O) groups is 1. The zero-order chi connectivity index (χ0) is 19.9. The SMILES string of the molecule is N#Cc1ccc(OCc2cccc(OC3CCN(CC(N)=O)CC3)n2)c(F)c1. The summed E-state index contributed by atoms with van der Waals surface area (Å²) in [6.45, 7) is 1.84. The summed E-state index contributed by atoms with van der Waals surface area (Å²) in [6, 6.07) is 11.3. The molecule has 2 aromatic rings. The van der Waals surface area contributed by atoms with Crippen LogP contribution in [0.25, 0.3) is 0 Å². The number of benzene rings is 1. The van der Waals surface area contributed by atoms with E-state index in [-0.39, 0.29) is 36.5 Å². The van der Waals surface area contributed by atoms with Gasteiger partial charge in [0.25, 0.3) is 0 Å². The highest BCUT2D eigenvalue weighted by atomic mass is 19.1. The molecule has 1 aliphatic rings. The third-order valence-electron chi connectivity index (χ3n) is 4.42. The minimum absolute atomic E-state index is 0.0174. The summed E-state index contributed by atoms with van der Waals surface area (Å²) in [5.74, 6) is -0.370. The number of aromatic nitrogens is 1. The average Bonchev–Trinajstić information content (AvgIpc) is 2.68. The summed E-state index contributed by atoms with van der Waals surface area (Å²) in [4.78, 5) is 17.4. The molecule has 2 N–H and O–H groups in total. The Bertz CT molecular complexity index is 876. The van der Waals surface area contributed by atoms with E-state index in [9.17, 15) is 9.18 Å². The molecule has 3 rings (SSSR count). The maximum Gasteiger partial charge on any atom is 0.231 e. The standard InChI is InChI=1S/C20H21FN4O3/c21-17-10-14(11-22)4-5-18(17)27-13-15-2-1-3-20(24-15)28-16-6-8-25(9-7-16)12-19(23)26/h1-5,10,16H,6-9,12-13H2,(H2,23,26). The van der Waals surface area contributed by atoms with Crippen molar-refractivity contribution >= 4 is 5.91 Å². The van der Waals surface area contributed by atoms with E-state index in [1.54, 1.807) is 18.2 Å². The molecule has 7 nitrogen and oxygen atoms in total. The lowest BCUT2D eigenvalue weighted by molar-refractivity contribution is -0.119. The van der Waals surface area contributed by atoms with Crippen LogP contribution in [0, 0.1) is 17.1 Å². The Morgan fingerprint density at radius 3 is 2.79 bits per heavy atom. The van der Waals surface area contributed by atoms with Gasteiger partial charge in [0.15, 0.2) is 11.6 Å². The van der Waals surface area contributed by atoms with E-state index >= 15 is 0 Å². The van der Waals surface area contributed by atoms with E-state index < -0.39 is 5.82 Å². The van der Waals surface area contributed by atoms with E-state index in [4.69, 9.17) is 20.5 Å². The van der Waals surface area contributed by atoms with Crippen molar-refractivity contribution in [3.05, 3.63) is 53.5 Å². The van der Waals surface area contributed by atoms with Gasteiger partial charge in [-0.3, -0.25) is 9.69 Å². The first kappa shape index (κ1) is 19.6. The molecule has 1 aromatic heterocycles. The summed E-state index contributed by atoms with van der Waals surface area (Å²) in [5, 5.41) is 8.77. The normalized spacial score (nSPS) is 15.0. The van der Waals surface area contributed by atoms with Gasteiger partial charge in [-0.05, 0) is 37.1 Å². The van der Waals surface area contributed by atoms with Gasteiger partial charge in [0.1, 0.15) is 12.7 Å². The molecular formula is C20H21FN4O3. The molecule has 0 unspecified atom stereocenters. The molecular weight excluding hydrogens is 363 g/mol. The van der Waals surface area contributed by atoms with Gasteiger partial charge >= 0.3 is 0 Å². The Kier molecular flexibility index (Phi) is 6.40. The number of piperidine rings is 1. The summed E-state index contributed by atoms with van der Waals surface area (Å²) < 4.78 is 25.3. The number of amides is 1. The molecule has 0 bridgehead atoms. The largest absolute Gasteiger partial charge is 0.484 e. The highest BCUT2D eigenvalue weighted by molar-refractivity contribution is 5.75. The van der Waals surface area contributed by atoms with E-state index in [0.29, 0.717) is 11.6 Å². The van der Waals surface area contributed by atoms with Crippen LogP contribution in [0.1, 0.15) is 24.1 Å². The summed E-state index contributed by atoms with van der Waals surface area (Å²) in [6.07, 6.45) is 1.59. The number of primary amides is 1. The highest BCUT2D eigenvalue weighted by Crippen LogP contribution is 2.21. The fourth-order valence-electron chi connectivity index (χ4n) is 3.02. The molecule has 0 saturated carbocycles. The molecule has 1 amide bonds. The zero-order valence-electron chi connectivity index (χ0n) is 15.3. The van der Waals surface area contributed by atoms with Gasteiger partial charge in [-0.25, -0.2) is 9.37 Å². The van der Waals surface area contributed by atoms with Gasteiger partial charge in [0.05, 0.1) is 23.9 Å². The van der Waals surface area contributed by atoms with E-state index in [1.165, 1.54) is 12.1 Å². The smallest absolute Gasteiger partial charge is 0.231 e. The maximum absolute atomic E-state index is 13.9. The van der Waals surface area contributed by atoms with E-state index in [2.05, 4.69) is 4.98 Å². The van der Waals surface area contributed by atoms with E-state index in [0.717, 1.165) is 32.0 Å². The zero-order valence-corrected chi connectivity index (χ0v) is 15.3. The second-order valence-corrected chi connectivity index (χ2v) is 6.57. The first-order chi connectivity index (χ1) is 13.5. The molecule has 0 radical (unpaired) electrons. The molecule has 0 atom stereocenters. The predicted molar refractivity (Wildman–Crippen MR) is 99.0 cm³/mol. The van der Waals surface area contributed by atoms with Crippen LogP contribution in [-0.4, -0.2) is 41.5 Å². The Labute approximate surface area is 162 Å². The summed E-state index contributed by atoms with van der Waals surface area (Å²) >= 11 is 0. The third-order valence-corrected chi connectivity index (χ3v) is 4.42. The Balaban J connectivity index is 1.53. The van der Waals surface area contributed by atoms with Crippen LogP contribution in [0.5, 0.6) is 11.6 Å². The third kappa shape index (κ3) is 5.41. The van der Waals surface area contributed by atoms with Crippen LogP contribution < -0.4 is 15.2 Å². The molecule has 8 heteroatoms. The lowest BCUT2D eigenvalue weighted by Crippen LogP contribution is -2.42. The van der Waals surface area contributed by atoms with Crippen LogP contribution in [0.3, 0.4) is 0 Å². The first-order valence-electron chi connectivity index (χ1n) is 8.99. The number of pyridine rings is 1. The molecule has 1 saturated heterocycles. The number of ether oxygens (including phenoxy) is 2. The second-order valence-electron chi connectivity index (χ2n) is 6.57. The summed E-state index contributed by atoms with van der Waals surface area (Å²) in [7, 11) is 0. The highest BCUT2D eigenvalue weighted by Gasteiger charge is 2.21. The molecule has 146 valence electrons. The molecule has 2 heterocycles. The monoisotopic (exact) mass is 384 g/mol. The van der Waals surface area contributed by atoms with Crippen molar-refractivity contribution in [3.8, 4) is 17.7 Å². The lowest BCUT2D eigenvalue weighted by atomic mass is 10.1. The van der Waals surface area contributed by atoms with Crippen molar-refractivity contribution < 1.29 is 18.7 Å². The van der Waals surface area contributed by atoms with Crippen molar-refractivity contribution in [1.82, 2.24) is 9.88 Å². The van der Waals surface area contributed by atoms with Crippen molar-refractivity contribution in [2.75, 3.05) is 19.6 Å². The summed E-state index contributed by atoms with van der Waals surface area (Å²) in [5.41, 5.74) is 6.06. The van der Waals surface area contributed by atoms with Gasteiger partial charge in [-0.15, -0.1) is 0 Å². The van der Waals surface area contributed by atoms with Crippen LogP contribution in [0.15, 0.2) is 36.4 Å². The number of nitrogens with zero attached hydrogens (tertiary/aromatic N) is 3. The van der Waals surface area contributed by atoms with Crippen molar-refractivity contribution in [1.29, 1.82) is 5.26 Å². The minimum atomic E-state index is -0.589. The predicted octanol–water partition coefficient (Wildman–Crippen LogP) is 2.00. The molecule has 1 aromatic carbocycles. The Morgan fingerprint density at radius 1 is 1.32 bits per heavy atom. The first-order valence-corrected chi connectivity index (χ1v) is 8.99. The minimum Gasteiger partial charge on any atom is -0.484 e.